The predicted octanol–water partition coefficient (Wildman–Crippen LogP) is -2.08. The van der Waals surface area contributed by atoms with Crippen molar-refractivity contribution < 1.29 is 48.4 Å². The van der Waals surface area contributed by atoms with Crippen molar-refractivity contribution in [2.75, 3.05) is 7.11 Å². The Labute approximate surface area is 106 Å². The summed E-state index contributed by atoms with van der Waals surface area (Å²) in [4.78, 5) is 11.2. The van der Waals surface area contributed by atoms with Crippen LogP contribution in [0.15, 0.2) is 30.3 Å². The van der Waals surface area contributed by atoms with Crippen molar-refractivity contribution in [3.63, 3.8) is 0 Å². The molecule has 0 amide bonds. The van der Waals surface area contributed by atoms with Gasteiger partial charge in [-0.25, -0.2) is 0 Å². The van der Waals surface area contributed by atoms with Crippen LogP contribution in [0.3, 0.4) is 0 Å². The van der Waals surface area contributed by atoms with E-state index in [1.54, 1.807) is 18.2 Å². The van der Waals surface area contributed by atoms with Crippen LogP contribution in [0, 0.1) is 0 Å². The average Bonchev–Trinajstić information content (AvgIpc) is 2.18. The van der Waals surface area contributed by atoms with Gasteiger partial charge in [-0.3, -0.25) is 8.98 Å². The van der Waals surface area contributed by atoms with Crippen LogP contribution in [0.5, 0.6) is 0 Å². The molecule has 6 heteroatoms. The largest absolute Gasteiger partial charge is 1.00 e. The summed E-state index contributed by atoms with van der Waals surface area (Å²) in [5.41, 5.74) is 0.101. The molecule has 1 aromatic carbocycles. The second-order valence-electron chi connectivity index (χ2n) is 2.27. The molecule has 1 aromatic rings. The molecule has 1 rings (SSSR count). The normalized spacial score (nSPS) is 10.4. The molecule has 0 spiro atoms. The first kappa shape index (κ1) is 13.8. The van der Waals surface area contributed by atoms with E-state index in [2.05, 4.69) is 4.18 Å². The Bertz CT molecular complexity index is 404. The van der Waals surface area contributed by atoms with Gasteiger partial charge in [0, 0.05) is 5.56 Å². The molecular weight excluding hydrogens is 215 g/mol. The molecule has 72 valence electrons. The second kappa shape index (κ2) is 5.63. The molecule has 0 N–H and O–H groups in total. The maximum Gasteiger partial charge on any atom is 1.00 e. The molecule has 0 radical (unpaired) electrons. The summed E-state index contributed by atoms with van der Waals surface area (Å²) >= 11 is 0. The minimum atomic E-state index is -4.09. The Morgan fingerprint density at radius 1 is 1.29 bits per heavy atom. The van der Waals surface area contributed by atoms with Crippen LogP contribution in [0.25, 0.3) is 0 Å². The van der Waals surface area contributed by atoms with Gasteiger partial charge in [-0.15, -0.1) is 0 Å². The Balaban J connectivity index is 0. The van der Waals surface area contributed by atoms with Gasteiger partial charge in [0.2, 0.25) is 0 Å². The molecule has 0 saturated carbocycles. The third-order valence-electron chi connectivity index (χ3n) is 1.46. The van der Waals surface area contributed by atoms with Crippen LogP contribution in [0.2, 0.25) is 0 Å². The topological polar surface area (TPSA) is 60.4 Å². The Morgan fingerprint density at radius 3 is 2.21 bits per heavy atom. The first-order valence-electron chi connectivity index (χ1n) is 3.48. The van der Waals surface area contributed by atoms with Crippen LogP contribution in [-0.4, -0.2) is 20.6 Å². The van der Waals surface area contributed by atoms with Crippen LogP contribution in [0.1, 0.15) is 11.8 Å². The minimum absolute atomic E-state index is 0. The third kappa shape index (κ3) is 3.18. The average molecular weight is 224 g/mol. The molecule has 0 aliphatic heterocycles. The number of rotatable bonds is 2. The van der Waals surface area contributed by atoms with Crippen molar-refractivity contribution in [3.05, 3.63) is 35.9 Å². The van der Waals surface area contributed by atoms with Gasteiger partial charge in [0.25, 0.3) is 0 Å². The van der Waals surface area contributed by atoms with Crippen LogP contribution in [-0.2, 0) is 14.3 Å². The Kier molecular flexibility index (Phi) is 5.54. The summed E-state index contributed by atoms with van der Waals surface area (Å²) in [6.45, 7) is 0. The zero-order valence-electron chi connectivity index (χ0n) is 8.93. The van der Waals surface area contributed by atoms with Gasteiger partial charge in [-0.1, -0.05) is 30.3 Å². The standard InChI is InChI=1S/C8H8O4S.Na.H/c1-12-13(10,11)8(9)7-5-3-2-4-6-7;;/h2-6H,1H3;;/q;+1;-1. The van der Waals surface area contributed by atoms with E-state index in [0.717, 1.165) is 7.11 Å². The fraction of sp³-hybridized carbons (Fsp3) is 0.125. The van der Waals surface area contributed by atoms with E-state index in [9.17, 15) is 13.2 Å². The molecule has 0 saturated heterocycles. The number of hydrogen-bond acceptors (Lipinski definition) is 4. The first-order chi connectivity index (χ1) is 6.08. The number of carbonyl (C=O) groups excluding carboxylic acids is 1. The van der Waals surface area contributed by atoms with Crippen molar-refractivity contribution in [3.8, 4) is 0 Å². The molecule has 0 unspecified atom stereocenters. The molecule has 0 heterocycles. The fourth-order valence-electron chi connectivity index (χ4n) is 0.794. The Morgan fingerprint density at radius 2 is 1.79 bits per heavy atom. The molecule has 0 aliphatic carbocycles. The van der Waals surface area contributed by atoms with Gasteiger partial charge in [0.1, 0.15) is 0 Å². The molecule has 4 nitrogen and oxygen atoms in total. The zero-order valence-corrected chi connectivity index (χ0v) is 10.7. The van der Waals surface area contributed by atoms with Crippen LogP contribution >= 0.6 is 0 Å². The van der Waals surface area contributed by atoms with Gasteiger partial charge in [-0.05, 0) is 0 Å². The van der Waals surface area contributed by atoms with Crippen molar-refractivity contribution >= 4 is 15.2 Å². The van der Waals surface area contributed by atoms with E-state index in [1.165, 1.54) is 12.1 Å². The molecule has 0 bridgehead atoms. The van der Waals surface area contributed by atoms with Crippen LogP contribution in [0.4, 0.5) is 0 Å². The number of benzene rings is 1. The summed E-state index contributed by atoms with van der Waals surface area (Å²) in [5, 5.41) is -1.02. The van der Waals surface area contributed by atoms with Gasteiger partial charge in [0.15, 0.2) is 0 Å². The summed E-state index contributed by atoms with van der Waals surface area (Å²) < 4.78 is 25.9. The van der Waals surface area contributed by atoms with E-state index in [1.807, 2.05) is 0 Å². The monoisotopic (exact) mass is 224 g/mol. The van der Waals surface area contributed by atoms with E-state index in [0.29, 0.717) is 0 Å². The van der Waals surface area contributed by atoms with E-state index >= 15 is 0 Å². The SMILES string of the molecule is COS(=O)(=O)C(=O)c1ccccc1.[H-].[Na+]. The molecule has 0 aliphatic rings. The van der Waals surface area contributed by atoms with Crippen molar-refractivity contribution in [2.45, 2.75) is 0 Å². The van der Waals surface area contributed by atoms with E-state index in [-0.39, 0.29) is 36.5 Å². The molecule has 14 heavy (non-hydrogen) atoms. The fourth-order valence-corrected chi connectivity index (χ4v) is 1.37. The summed E-state index contributed by atoms with van der Waals surface area (Å²) in [5.74, 6) is 0. The van der Waals surface area contributed by atoms with Crippen molar-refractivity contribution in [1.82, 2.24) is 0 Å². The van der Waals surface area contributed by atoms with Gasteiger partial charge in [-0.2, -0.15) is 8.42 Å². The molecule has 0 aromatic heterocycles. The molecular formula is C8H9NaO4S. The third-order valence-corrected chi connectivity index (χ3v) is 2.58. The predicted molar refractivity (Wildman–Crippen MR) is 47.8 cm³/mol. The zero-order chi connectivity index (χ0) is 9.90. The van der Waals surface area contributed by atoms with E-state index in [4.69, 9.17) is 0 Å². The van der Waals surface area contributed by atoms with Crippen LogP contribution < -0.4 is 29.6 Å². The second-order valence-corrected chi connectivity index (χ2v) is 3.89. The smallest absolute Gasteiger partial charge is 1.00 e. The summed E-state index contributed by atoms with van der Waals surface area (Å²) in [6, 6.07) is 7.69. The minimum Gasteiger partial charge on any atom is -1.00 e. The van der Waals surface area contributed by atoms with E-state index < -0.39 is 15.2 Å². The summed E-state index contributed by atoms with van der Waals surface area (Å²) in [6.07, 6.45) is 0. The van der Waals surface area contributed by atoms with Gasteiger partial charge < -0.3 is 1.43 Å². The van der Waals surface area contributed by atoms with Gasteiger partial charge in [0.05, 0.1) is 7.11 Å². The maximum atomic E-state index is 11.2. The van der Waals surface area contributed by atoms with Crippen molar-refractivity contribution in [1.29, 1.82) is 0 Å². The molecule has 0 fully saturated rings. The van der Waals surface area contributed by atoms with Gasteiger partial charge >= 0.3 is 44.8 Å². The maximum absolute atomic E-state index is 11.2. The number of carbonyl (C=O) groups is 1. The Hall–Kier alpha value is -0.200. The first-order valence-corrected chi connectivity index (χ1v) is 4.89. The molecule has 0 atom stereocenters. The quantitative estimate of drug-likeness (QED) is 0.427. The summed E-state index contributed by atoms with van der Waals surface area (Å²) in [7, 11) is -3.14. The van der Waals surface area contributed by atoms with Crippen molar-refractivity contribution in [2.24, 2.45) is 0 Å². The number of hydrogen-bond donors (Lipinski definition) is 0.